The predicted octanol–water partition coefficient (Wildman–Crippen LogP) is 15.6. The first-order valence-corrected chi connectivity index (χ1v) is 24.4. The van der Waals surface area contributed by atoms with Gasteiger partial charge in [-0.3, -0.25) is 9.13 Å². The molecule has 0 amide bonds. The van der Waals surface area contributed by atoms with E-state index in [2.05, 4.69) is 197 Å². The Bertz CT molecular complexity index is 4110. The molecule has 2 aliphatic carbocycles. The molecule has 5 heterocycles. The van der Waals surface area contributed by atoms with Crippen LogP contribution in [0, 0.1) is 0 Å². The summed E-state index contributed by atoms with van der Waals surface area (Å²) in [7, 11) is 0. The van der Waals surface area contributed by atoms with Crippen LogP contribution in [0.15, 0.2) is 187 Å². The number of allylic oxidation sites excluding steroid dienone is 4. The summed E-state index contributed by atoms with van der Waals surface area (Å²) in [6, 6.07) is 55.1. The minimum Gasteiger partial charge on any atom is -0.281 e. The van der Waals surface area contributed by atoms with Crippen molar-refractivity contribution in [2.24, 2.45) is 0 Å². The van der Waals surface area contributed by atoms with Crippen LogP contribution in [0.1, 0.15) is 29.2 Å². The largest absolute Gasteiger partial charge is 0.281 e. The van der Waals surface area contributed by atoms with Crippen LogP contribution < -0.4 is 0 Å². The number of rotatable bonds is 4. The fraction of sp³-hybridized carbons (Fsp3) is 0.0678. The summed E-state index contributed by atoms with van der Waals surface area (Å²) in [6.45, 7) is 0. The van der Waals surface area contributed by atoms with Crippen LogP contribution in [0.2, 0.25) is 0 Å². The first-order chi connectivity index (χ1) is 32.8. The van der Waals surface area contributed by atoms with E-state index in [0.717, 1.165) is 56.5 Å². The fourth-order valence-corrected chi connectivity index (χ4v) is 14.2. The van der Waals surface area contributed by atoms with Crippen molar-refractivity contribution >= 4 is 104 Å². The molecule has 3 aliphatic rings. The van der Waals surface area contributed by atoms with E-state index >= 15 is 0 Å². The van der Waals surface area contributed by atoms with Crippen molar-refractivity contribution in [3.8, 4) is 34.4 Å². The Hall–Kier alpha value is -7.58. The van der Waals surface area contributed by atoms with Crippen LogP contribution in [0.5, 0.6) is 0 Å². The number of hydrogen-bond acceptors (Lipinski definition) is 5. The van der Waals surface area contributed by atoms with Crippen LogP contribution in [-0.4, -0.2) is 29.3 Å². The minimum absolute atomic E-state index is 0.365. The van der Waals surface area contributed by atoms with Crippen molar-refractivity contribution in [2.45, 2.75) is 28.9 Å². The normalized spacial score (nSPS) is 16.4. The Kier molecular flexibility index (Phi) is 7.77. The highest BCUT2D eigenvalue weighted by Crippen LogP contribution is 2.53. The molecule has 0 saturated heterocycles. The smallest absolute Gasteiger partial charge is 0.240 e. The standard InChI is InChI=1S/C59H37N5S2/c1-2-16-34(17-3-1)51-37-20-4-6-22-39(37)52(40-23-7-5-21-38(40)51)57-60-58(63-45-26-12-8-24-43(45)53-47(63)32-30-41-35-18-10-14-28-49(35)65-55(41)53)62-59(61-57)64-46-27-13-9-25-44(46)54-48(64)33-31-42-36-19-11-15-29-50(36)66-56(42)54/h1-12,14-26,28-33,36,50H,13,27H2. The molecule has 8 aromatic carbocycles. The molecule has 310 valence electrons. The molecule has 0 radical (unpaired) electrons. The second-order valence-corrected chi connectivity index (χ2v) is 19.9. The Morgan fingerprint density at radius 2 is 1.17 bits per heavy atom. The summed E-state index contributed by atoms with van der Waals surface area (Å²) in [5.41, 5.74) is 10.6. The van der Waals surface area contributed by atoms with Crippen LogP contribution in [0.4, 0.5) is 0 Å². The lowest BCUT2D eigenvalue weighted by Gasteiger charge is -2.18. The molecular formula is C59H37N5S2. The summed E-state index contributed by atoms with van der Waals surface area (Å²) in [4.78, 5) is 18.4. The number of benzene rings is 8. The molecule has 4 aromatic heterocycles. The molecule has 15 rings (SSSR count). The lowest BCUT2D eigenvalue weighted by atomic mass is 9.88. The third-order valence-electron chi connectivity index (χ3n) is 14.2. The maximum atomic E-state index is 5.70. The van der Waals surface area contributed by atoms with Gasteiger partial charge < -0.3 is 0 Å². The van der Waals surface area contributed by atoms with Gasteiger partial charge in [0.25, 0.3) is 0 Å². The van der Waals surface area contributed by atoms with Gasteiger partial charge in [-0.05, 0) is 75.3 Å². The van der Waals surface area contributed by atoms with Crippen LogP contribution in [-0.2, 0) is 6.42 Å². The molecule has 0 fully saturated rings. The first kappa shape index (κ1) is 36.7. The number of nitrogens with zero attached hydrogens (tertiary/aromatic N) is 5. The third kappa shape index (κ3) is 5.10. The number of aromatic nitrogens is 5. The van der Waals surface area contributed by atoms with E-state index < -0.39 is 0 Å². The van der Waals surface area contributed by atoms with Gasteiger partial charge in [-0.25, -0.2) is 0 Å². The van der Waals surface area contributed by atoms with Crippen molar-refractivity contribution < 1.29 is 0 Å². The number of thiophene rings is 1. The van der Waals surface area contributed by atoms with Crippen molar-refractivity contribution in [3.05, 3.63) is 199 Å². The van der Waals surface area contributed by atoms with E-state index in [-0.39, 0.29) is 0 Å². The third-order valence-corrected chi connectivity index (χ3v) is 16.8. The molecular weight excluding hydrogens is 843 g/mol. The SMILES string of the molecule is C1=CC2Sc3c(ccc4c3c3c(n4-c4nc(-c5c6ccccc6c(-c6ccccc6)c6ccccc56)nc(-n5c6ccccc6c6c7sc8ccccc8c7ccc65)n4)CCC=C3)C2C=C1. The second-order valence-electron chi connectivity index (χ2n) is 17.6. The Balaban J connectivity index is 1.08. The van der Waals surface area contributed by atoms with Gasteiger partial charge in [-0.15, -0.1) is 23.1 Å². The van der Waals surface area contributed by atoms with Gasteiger partial charge in [0.05, 0.1) is 16.6 Å². The van der Waals surface area contributed by atoms with E-state index in [4.69, 9.17) is 15.0 Å². The van der Waals surface area contributed by atoms with Gasteiger partial charge in [0.1, 0.15) is 0 Å². The number of fused-ring (bicyclic) bond motifs is 16. The predicted molar refractivity (Wildman–Crippen MR) is 278 cm³/mol. The average Bonchev–Trinajstić information content (AvgIpc) is 4.13. The molecule has 1 aliphatic heterocycles. The monoisotopic (exact) mass is 879 g/mol. The molecule has 0 spiro atoms. The Morgan fingerprint density at radius 3 is 1.97 bits per heavy atom. The summed E-state index contributed by atoms with van der Waals surface area (Å²) in [6.07, 6.45) is 15.7. The van der Waals surface area contributed by atoms with E-state index in [1.165, 1.54) is 69.2 Å². The maximum Gasteiger partial charge on any atom is 0.240 e. The van der Waals surface area contributed by atoms with E-state index in [0.29, 0.717) is 28.9 Å². The lowest BCUT2D eigenvalue weighted by Crippen LogP contribution is -2.13. The van der Waals surface area contributed by atoms with Gasteiger partial charge in [0, 0.05) is 69.2 Å². The first-order valence-electron chi connectivity index (χ1n) is 22.7. The molecule has 66 heavy (non-hydrogen) atoms. The fourth-order valence-electron chi connectivity index (χ4n) is 11.4. The highest BCUT2D eigenvalue weighted by molar-refractivity contribution is 8.00. The summed E-state index contributed by atoms with van der Waals surface area (Å²) in [5, 5.41) is 11.2. The number of para-hydroxylation sites is 1. The summed E-state index contributed by atoms with van der Waals surface area (Å²) >= 11 is 3.86. The zero-order valence-corrected chi connectivity index (χ0v) is 37.2. The van der Waals surface area contributed by atoms with Crippen molar-refractivity contribution in [3.63, 3.8) is 0 Å². The van der Waals surface area contributed by atoms with Crippen molar-refractivity contribution in [1.29, 1.82) is 0 Å². The lowest BCUT2D eigenvalue weighted by molar-refractivity contribution is 0.822. The molecule has 0 saturated carbocycles. The highest BCUT2D eigenvalue weighted by Gasteiger charge is 2.35. The van der Waals surface area contributed by atoms with Gasteiger partial charge in [-0.1, -0.05) is 164 Å². The van der Waals surface area contributed by atoms with Gasteiger partial charge >= 0.3 is 0 Å². The summed E-state index contributed by atoms with van der Waals surface area (Å²) in [5.74, 6) is 2.24. The van der Waals surface area contributed by atoms with Gasteiger partial charge in [0.2, 0.25) is 11.9 Å². The topological polar surface area (TPSA) is 48.5 Å². The van der Waals surface area contributed by atoms with Gasteiger partial charge in [0.15, 0.2) is 5.82 Å². The zero-order valence-electron chi connectivity index (χ0n) is 35.5. The molecule has 2 unspecified atom stereocenters. The second kappa shape index (κ2) is 14.0. The summed E-state index contributed by atoms with van der Waals surface area (Å²) < 4.78 is 7.23. The Labute approximate surface area is 387 Å². The molecule has 5 nitrogen and oxygen atoms in total. The van der Waals surface area contributed by atoms with Crippen LogP contribution in [0.25, 0.3) is 115 Å². The van der Waals surface area contributed by atoms with E-state index in [9.17, 15) is 0 Å². The van der Waals surface area contributed by atoms with E-state index in [1.54, 1.807) is 0 Å². The zero-order chi connectivity index (χ0) is 43.0. The molecule has 0 N–H and O–H groups in total. The van der Waals surface area contributed by atoms with Crippen molar-refractivity contribution in [1.82, 2.24) is 24.1 Å². The van der Waals surface area contributed by atoms with Crippen LogP contribution in [0.3, 0.4) is 0 Å². The number of thioether (sulfide) groups is 1. The average molecular weight is 880 g/mol. The molecule has 12 aromatic rings. The van der Waals surface area contributed by atoms with Crippen molar-refractivity contribution in [2.75, 3.05) is 0 Å². The maximum absolute atomic E-state index is 5.70. The number of hydrogen-bond donors (Lipinski definition) is 0. The minimum atomic E-state index is 0.365. The van der Waals surface area contributed by atoms with E-state index in [1.807, 2.05) is 23.1 Å². The van der Waals surface area contributed by atoms with Crippen LogP contribution >= 0.6 is 23.1 Å². The molecule has 7 heteroatoms. The highest BCUT2D eigenvalue weighted by atomic mass is 32.2. The quantitative estimate of drug-likeness (QED) is 0.165. The molecule has 0 bridgehead atoms. The van der Waals surface area contributed by atoms with Gasteiger partial charge in [-0.2, -0.15) is 15.0 Å². The Morgan fingerprint density at radius 1 is 0.515 bits per heavy atom. The molecule has 2 atom stereocenters.